The zero-order valence-electron chi connectivity index (χ0n) is 10.9. The summed E-state index contributed by atoms with van der Waals surface area (Å²) in [4.78, 5) is 13.9. The number of nitrogens with zero attached hydrogens (tertiary/aromatic N) is 4. The lowest BCUT2D eigenvalue weighted by molar-refractivity contribution is -0.383. The Balaban J connectivity index is 2.04. The number of nitrogens with two attached hydrogens (primary N) is 1. The second kappa shape index (κ2) is 5.75. The summed E-state index contributed by atoms with van der Waals surface area (Å²) in [5, 5.41) is 14.5. The van der Waals surface area contributed by atoms with Crippen molar-refractivity contribution in [3.63, 3.8) is 0 Å². The van der Waals surface area contributed by atoms with E-state index in [0.717, 1.165) is 6.07 Å². The summed E-state index contributed by atoms with van der Waals surface area (Å²) in [5.74, 6) is 0.497. The molecule has 114 valence electrons. The molecule has 0 spiro atoms. The van der Waals surface area contributed by atoms with Crippen molar-refractivity contribution in [2.45, 2.75) is 10.6 Å². The number of anilines is 1. The first kappa shape index (κ1) is 15.3. The number of thiophene rings is 1. The number of sulfonamides is 1. The highest BCUT2D eigenvalue weighted by molar-refractivity contribution is 7.91. The first-order chi connectivity index (χ1) is 9.79. The Bertz CT molecular complexity index is 765. The second-order valence-corrected chi connectivity index (χ2v) is 7.13. The fourth-order valence-corrected chi connectivity index (χ4v) is 3.80. The molecular weight excluding hydrogens is 320 g/mol. The van der Waals surface area contributed by atoms with Crippen molar-refractivity contribution in [2.75, 3.05) is 12.3 Å². The van der Waals surface area contributed by atoms with E-state index in [-0.39, 0.29) is 15.8 Å². The highest BCUT2D eigenvalue weighted by Crippen LogP contribution is 2.34. The van der Waals surface area contributed by atoms with Crippen LogP contribution in [-0.4, -0.2) is 34.7 Å². The van der Waals surface area contributed by atoms with Gasteiger partial charge in [0.1, 0.15) is 10.5 Å². The first-order valence-corrected chi connectivity index (χ1v) is 7.97. The van der Waals surface area contributed by atoms with Gasteiger partial charge in [-0.05, 0) is 0 Å². The summed E-state index contributed by atoms with van der Waals surface area (Å²) in [6.45, 7) is 0.0813. The van der Waals surface area contributed by atoms with Gasteiger partial charge in [0.15, 0.2) is 10.8 Å². The summed E-state index contributed by atoms with van der Waals surface area (Å²) in [5.41, 5.74) is 5.01. The molecule has 2 heterocycles. The van der Waals surface area contributed by atoms with Gasteiger partial charge in [-0.2, -0.15) is 5.10 Å². The SMILES string of the molecule is Cn1cnc(CCNS(=O)(=O)c2cc([N+](=O)[O-])c(N)s2)n1. The summed E-state index contributed by atoms with van der Waals surface area (Å²) in [7, 11) is -2.13. The largest absolute Gasteiger partial charge is 0.385 e. The van der Waals surface area contributed by atoms with Crippen LogP contribution in [0.4, 0.5) is 10.7 Å². The Labute approximate surface area is 123 Å². The molecule has 0 fully saturated rings. The topological polar surface area (TPSA) is 146 Å². The van der Waals surface area contributed by atoms with Gasteiger partial charge in [-0.15, -0.1) is 0 Å². The van der Waals surface area contributed by atoms with Crippen molar-refractivity contribution in [3.05, 3.63) is 28.3 Å². The van der Waals surface area contributed by atoms with Crippen LogP contribution in [-0.2, 0) is 23.5 Å². The summed E-state index contributed by atoms with van der Waals surface area (Å²) in [6, 6.07) is 0.946. The lowest BCUT2D eigenvalue weighted by Crippen LogP contribution is -2.25. The van der Waals surface area contributed by atoms with Gasteiger partial charge in [-0.1, -0.05) is 11.3 Å². The van der Waals surface area contributed by atoms with Gasteiger partial charge in [-0.3, -0.25) is 14.8 Å². The molecule has 0 aliphatic heterocycles. The predicted octanol–water partition coefficient (Wildman–Crippen LogP) is -0.112. The molecule has 0 amide bonds. The molecule has 2 aromatic heterocycles. The molecule has 0 aliphatic carbocycles. The van der Waals surface area contributed by atoms with Crippen molar-refractivity contribution >= 4 is 32.0 Å². The molecule has 0 radical (unpaired) electrons. The molecule has 0 saturated heterocycles. The van der Waals surface area contributed by atoms with E-state index in [9.17, 15) is 18.5 Å². The number of nitrogens with one attached hydrogen (secondary N) is 1. The number of nitro groups is 1. The van der Waals surface area contributed by atoms with Crippen LogP contribution in [0.25, 0.3) is 0 Å². The van der Waals surface area contributed by atoms with E-state index in [4.69, 9.17) is 5.73 Å². The van der Waals surface area contributed by atoms with Crippen LogP contribution < -0.4 is 10.5 Å². The molecule has 0 atom stereocenters. The maximum absolute atomic E-state index is 12.0. The lowest BCUT2D eigenvalue weighted by atomic mass is 10.4. The van der Waals surface area contributed by atoms with Crippen LogP contribution in [0.3, 0.4) is 0 Å². The Morgan fingerprint density at radius 1 is 1.57 bits per heavy atom. The number of rotatable bonds is 6. The van der Waals surface area contributed by atoms with Gasteiger partial charge in [0.2, 0.25) is 10.0 Å². The van der Waals surface area contributed by atoms with Crippen molar-refractivity contribution in [3.8, 4) is 0 Å². The van der Waals surface area contributed by atoms with Gasteiger partial charge in [0, 0.05) is 26.1 Å². The molecule has 0 aliphatic rings. The summed E-state index contributed by atoms with van der Waals surface area (Å²) >= 11 is 0.650. The molecule has 2 aromatic rings. The third kappa shape index (κ3) is 3.53. The minimum Gasteiger partial charge on any atom is -0.385 e. The Morgan fingerprint density at radius 3 is 2.81 bits per heavy atom. The molecular formula is C9H12N6O4S2. The molecule has 10 nitrogen and oxygen atoms in total. The third-order valence-electron chi connectivity index (χ3n) is 2.47. The molecule has 12 heteroatoms. The quantitative estimate of drug-likeness (QED) is 0.554. The van der Waals surface area contributed by atoms with Crippen molar-refractivity contribution in [2.24, 2.45) is 7.05 Å². The second-order valence-electron chi connectivity index (χ2n) is 4.05. The summed E-state index contributed by atoms with van der Waals surface area (Å²) in [6.07, 6.45) is 1.82. The minimum absolute atomic E-state index is 0.0813. The minimum atomic E-state index is -3.84. The average molecular weight is 332 g/mol. The van der Waals surface area contributed by atoms with Crippen molar-refractivity contribution in [1.29, 1.82) is 0 Å². The van der Waals surface area contributed by atoms with Crippen LogP contribution >= 0.6 is 11.3 Å². The molecule has 0 bridgehead atoms. The first-order valence-electron chi connectivity index (χ1n) is 5.67. The van der Waals surface area contributed by atoms with Gasteiger partial charge in [0.25, 0.3) is 0 Å². The number of aryl methyl sites for hydroxylation is 1. The van der Waals surface area contributed by atoms with Crippen molar-refractivity contribution < 1.29 is 13.3 Å². The fourth-order valence-electron chi connectivity index (χ4n) is 1.51. The summed E-state index contributed by atoms with van der Waals surface area (Å²) < 4.78 is 27.6. The number of hydrogen-bond acceptors (Lipinski definition) is 8. The van der Waals surface area contributed by atoms with Crippen LogP contribution in [0.1, 0.15) is 5.82 Å². The molecule has 2 rings (SSSR count). The van der Waals surface area contributed by atoms with E-state index < -0.39 is 20.6 Å². The Hall–Kier alpha value is -2.05. The highest BCUT2D eigenvalue weighted by atomic mass is 32.2. The smallest absolute Gasteiger partial charge is 0.304 e. The molecule has 21 heavy (non-hydrogen) atoms. The van der Waals surface area contributed by atoms with Gasteiger partial charge >= 0.3 is 5.69 Å². The monoisotopic (exact) mass is 332 g/mol. The average Bonchev–Trinajstić information content (AvgIpc) is 2.96. The van der Waals surface area contributed by atoms with E-state index in [0.29, 0.717) is 23.6 Å². The van der Waals surface area contributed by atoms with E-state index >= 15 is 0 Å². The zero-order chi connectivity index (χ0) is 15.6. The van der Waals surface area contributed by atoms with Crippen LogP contribution in [0.2, 0.25) is 0 Å². The van der Waals surface area contributed by atoms with Gasteiger partial charge < -0.3 is 5.73 Å². The van der Waals surface area contributed by atoms with Gasteiger partial charge in [-0.25, -0.2) is 18.1 Å². The number of hydrogen-bond donors (Lipinski definition) is 2. The Kier molecular flexibility index (Phi) is 4.20. The molecule has 0 aromatic carbocycles. The van der Waals surface area contributed by atoms with E-state index in [1.807, 2.05) is 0 Å². The molecule has 3 N–H and O–H groups in total. The van der Waals surface area contributed by atoms with Crippen LogP contribution in [0.5, 0.6) is 0 Å². The third-order valence-corrected chi connectivity index (χ3v) is 5.35. The fraction of sp³-hybridized carbons (Fsp3) is 0.333. The van der Waals surface area contributed by atoms with Crippen LogP contribution in [0, 0.1) is 10.1 Å². The molecule has 0 saturated carbocycles. The maximum Gasteiger partial charge on any atom is 0.304 e. The predicted molar refractivity (Wildman–Crippen MR) is 75.3 cm³/mol. The van der Waals surface area contributed by atoms with E-state index in [1.54, 1.807) is 7.05 Å². The molecule has 0 unspecified atom stereocenters. The maximum atomic E-state index is 12.0. The Morgan fingerprint density at radius 2 is 2.29 bits per heavy atom. The van der Waals surface area contributed by atoms with Crippen LogP contribution in [0.15, 0.2) is 16.6 Å². The lowest BCUT2D eigenvalue weighted by Gasteiger charge is -2.02. The van der Waals surface area contributed by atoms with E-state index in [2.05, 4.69) is 14.8 Å². The highest BCUT2D eigenvalue weighted by Gasteiger charge is 2.24. The standard InChI is InChI=1S/C9H12N6O4S2/c1-14-5-11-7(13-14)2-3-12-21(18,19)8-4-6(15(16)17)9(10)20-8/h4-5,12H,2-3,10H2,1H3. The number of nitrogen functional groups attached to an aromatic ring is 1. The van der Waals surface area contributed by atoms with E-state index in [1.165, 1.54) is 11.0 Å². The normalized spacial score (nSPS) is 11.7. The van der Waals surface area contributed by atoms with Crippen molar-refractivity contribution in [1.82, 2.24) is 19.5 Å². The number of aromatic nitrogens is 3. The zero-order valence-corrected chi connectivity index (χ0v) is 12.5. The van der Waals surface area contributed by atoms with Gasteiger partial charge in [0.05, 0.1) is 4.92 Å².